The smallest absolute Gasteiger partial charge is 0.271 e. The van der Waals surface area contributed by atoms with Crippen molar-refractivity contribution in [1.29, 1.82) is 0 Å². The monoisotopic (exact) mass is 371 g/mol. The third-order valence-electron chi connectivity index (χ3n) is 5.09. The zero-order valence-electron chi connectivity index (χ0n) is 16.4. The van der Waals surface area contributed by atoms with E-state index in [2.05, 4.69) is 32.3 Å². The molecule has 1 aliphatic heterocycles. The summed E-state index contributed by atoms with van der Waals surface area (Å²) in [7, 11) is 3.53. The molecule has 1 saturated heterocycles. The Hall–Kier alpha value is -2.54. The number of anilines is 1. The first-order valence-electron chi connectivity index (χ1n) is 9.47. The van der Waals surface area contributed by atoms with E-state index < -0.39 is 0 Å². The molecule has 0 aliphatic carbocycles. The molecule has 27 heavy (non-hydrogen) atoms. The molecule has 1 fully saturated rings. The Balaban J connectivity index is 1.35. The van der Waals surface area contributed by atoms with Gasteiger partial charge >= 0.3 is 0 Å². The van der Waals surface area contributed by atoms with Crippen LogP contribution in [-0.4, -0.2) is 67.0 Å². The minimum absolute atomic E-state index is 0.0944. The molecule has 7 heteroatoms. The van der Waals surface area contributed by atoms with Crippen LogP contribution in [0.5, 0.6) is 5.75 Å². The highest BCUT2D eigenvalue weighted by Gasteiger charge is 2.17. The molecule has 0 saturated carbocycles. The van der Waals surface area contributed by atoms with Gasteiger partial charge in [0, 0.05) is 51.2 Å². The molecular weight excluding hydrogens is 342 g/mol. The molecule has 7 nitrogen and oxygen atoms in total. The lowest BCUT2D eigenvalue weighted by molar-refractivity contribution is 0.0945. The average molecular weight is 371 g/mol. The van der Waals surface area contributed by atoms with Gasteiger partial charge in [-0.15, -0.1) is 0 Å². The number of carbonyl (C=O) groups excluding carboxylic acids is 1. The lowest BCUT2D eigenvalue weighted by Gasteiger charge is -2.36. The van der Waals surface area contributed by atoms with Crippen LogP contribution in [-0.2, 0) is 7.05 Å². The summed E-state index contributed by atoms with van der Waals surface area (Å²) in [6, 6.07) is 10.1. The number of rotatable bonds is 7. The molecule has 146 valence electrons. The summed E-state index contributed by atoms with van der Waals surface area (Å²) in [6.45, 7) is 7.73. The predicted octanol–water partition coefficient (Wildman–Crippen LogP) is 1.68. The maximum Gasteiger partial charge on any atom is 0.271 e. The summed E-state index contributed by atoms with van der Waals surface area (Å²) in [4.78, 5) is 17.0. The number of hydrogen-bond acceptors (Lipinski definition) is 5. The largest absolute Gasteiger partial charge is 0.497 e. The van der Waals surface area contributed by atoms with Crippen LogP contribution in [0.2, 0.25) is 0 Å². The number of hydrogen-bond donors (Lipinski definition) is 1. The Labute approximate surface area is 160 Å². The molecule has 1 aliphatic rings. The van der Waals surface area contributed by atoms with E-state index in [1.54, 1.807) is 11.8 Å². The number of aryl methyl sites for hydroxylation is 2. The maximum absolute atomic E-state index is 12.1. The van der Waals surface area contributed by atoms with Gasteiger partial charge in [0.15, 0.2) is 0 Å². The lowest BCUT2D eigenvalue weighted by atomic mass is 10.2. The zero-order valence-corrected chi connectivity index (χ0v) is 16.4. The summed E-state index contributed by atoms with van der Waals surface area (Å²) in [6.07, 6.45) is 0.945. The number of amides is 1. The van der Waals surface area contributed by atoms with Crippen LogP contribution < -0.4 is 15.0 Å². The van der Waals surface area contributed by atoms with Crippen molar-refractivity contribution in [2.24, 2.45) is 7.05 Å². The van der Waals surface area contributed by atoms with Gasteiger partial charge in [-0.1, -0.05) is 0 Å². The topological polar surface area (TPSA) is 62.6 Å². The van der Waals surface area contributed by atoms with Crippen molar-refractivity contribution >= 4 is 11.6 Å². The highest BCUT2D eigenvalue weighted by atomic mass is 16.5. The first kappa shape index (κ1) is 19.2. The van der Waals surface area contributed by atoms with Crippen molar-refractivity contribution in [2.75, 3.05) is 51.3 Å². The second-order valence-corrected chi connectivity index (χ2v) is 6.93. The molecule has 1 aromatic carbocycles. The standard InChI is InChI=1S/C20H29N5O2/c1-16-15-19(22-23(16)2)20(26)21-9-4-10-24-11-13-25(14-12-24)17-5-7-18(27-3)8-6-17/h5-8,15H,4,9-14H2,1-3H3,(H,21,26). The van der Waals surface area contributed by atoms with Crippen molar-refractivity contribution in [3.8, 4) is 5.75 Å². The summed E-state index contributed by atoms with van der Waals surface area (Å²) in [5, 5.41) is 7.17. The van der Waals surface area contributed by atoms with Gasteiger partial charge in [-0.05, 0) is 50.2 Å². The summed E-state index contributed by atoms with van der Waals surface area (Å²) in [5.41, 5.74) is 2.71. The molecule has 1 N–H and O–H groups in total. The lowest BCUT2D eigenvalue weighted by Crippen LogP contribution is -2.47. The highest BCUT2D eigenvalue weighted by Crippen LogP contribution is 2.20. The number of aromatic nitrogens is 2. The summed E-state index contributed by atoms with van der Waals surface area (Å²) >= 11 is 0. The number of methoxy groups -OCH3 is 1. The SMILES string of the molecule is COc1ccc(N2CCN(CCCNC(=O)c3cc(C)n(C)n3)CC2)cc1. The van der Waals surface area contributed by atoms with Crippen LogP contribution >= 0.6 is 0 Å². The van der Waals surface area contributed by atoms with Crippen molar-refractivity contribution in [3.05, 3.63) is 41.7 Å². The van der Waals surface area contributed by atoms with Crippen molar-refractivity contribution in [2.45, 2.75) is 13.3 Å². The van der Waals surface area contributed by atoms with Gasteiger partial charge in [-0.3, -0.25) is 14.4 Å². The third-order valence-corrected chi connectivity index (χ3v) is 5.09. The summed E-state index contributed by atoms with van der Waals surface area (Å²) in [5.74, 6) is 0.795. The van der Waals surface area contributed by atoms with E-state index in [1.807, 2.05) is 32.2 Å². The summed E-state index contributed by atoms with van der Waals surface area (Å²) < 4.78 is 6.94. The van der Waals surface area contributed by atoms with Gasteiger partial charge < -0.3 is 15.0 Å². The first-order chi connectivity index (χ1) is 13.1. The molecule has 2 aromatic rings. The van der Waals surface area contributed by atoms with Crippen LogP contribution in [0.1, 0.15) is 22.6 Å². The van der Waals surface area contributed by atoms with Gasteiger partial charge in [0.25, 0.3) is 5.91 Å². The van der Waals surface area contributed by atoms with Gasteiger partial charge in [0.1, 0.15) is 11.4 Å². The fourth-order valence-corrected chi connectivity index (χ4v) is 3.29. The Morgan fingerprint density at radius 2 is 1.89 bits per heavy atom. The molecule has 0 unspecified atom stereocenters. The zero-order chi connectivity index (χ0) is 19.2. The van der Waals surface area contributed by atoms with Gasteiger partial charge in [-0.2, -0.15) is 5.10 Å². The average Bonchev–Trinajstić information content (AvgIpc) is 3.04. The van der Waals surface area contributed by atoms with Gasteiger partial charge in [0.2, 0.25) is 0 Å². The van der Waals surface area contributed by atoms with E-state index in [9.17, 15) is 4.79 Å². The molecule has 1 amide bonds. The Morgan fingerprint density at radius 3 is 2.48 bits per heavy atom. The van der Waals surface area contributed by atoms with Crippen LogP contribution in [0.4, 0.5) is 5.69 Å². The molecule has 0 bridgehead atoms. The van der Waals surface area contributed by atoms with Crippen LogP contribution in [0.15, 0.2) is 30.3 Å². The molecule has 0 spiro atoms. The highest BCUT2D eigenvalue weighted by molar-refractivity contribution is 5.92. The van der Waals surface area contributed by atoms with Crippen molar-refractivity contribution < 1.29 is 9.53 Å². The molecule has 2 heterocycles. The number of nitrogens with one attached hydrogen (secondary N) is 1. The number of benzene rings is 1. The van der Waals surface area contributed by atoms with Gasteiger partial charge in [0.05, 0.1) is 7.11 Å². The Kier molecular flexibility index (Phi) is 6.34. The quantitative estimate of drug-likeness (QED) is 0.751. The van der Waals surface area contributed by atoms with Crippen molar-refractivity contribution in [3.63, 3.8) is 0 Å². The minimum Gasteiger partial charge on any atom is -0.497 e. The second kappa shape index (κ2) is 8.90. The first-order valence-corrected chi connectivity index (χ1v) is 9.47. The normalized spacial score (nSPS) is 15.0. The Bertz CT molecular complexity index is 729. The number of nitrogens with zero attached hydrogens (tertiary/aromatic N) is 4. The predicted molar refractivity (Wildman–Crippen MR) is 107 cm³/mol. The number of carbonyl (C=O) groups is 1. The molecule has 0 radical (unpaired) electrons. The van der Waals surface area contributed by atoms with Gasteiger partial charge in [-0.25, -0.2) is 0 Å². The van der Waals surface area contributed by atoms with Crippen LogP contribution in [0.25, 0.3) is 0 Å². The van der Waals surface area contributed by atoms with Crippen LogP contribution in [0, 0.1) is 6.92 Å². The second-order valence-electron chi connectivity index (χ2n) is 6.93. The van der Waals surface area contributed by atoms with E-state index in [1.165, 1.54) is 5.69 Å². The van der Waals surface area contributed by atoms with E-state index in [0.717, 1.165) is 50.6 Å². The molecule has 0 atom stereocenters. The number of piperazine rings is 1. The van der Waals surface area contributed by atoms with E-state index >= 15 is 0 Å². The number of ether oxygens (including phenoxy) is 1. The fourth-order valence-electron chi connectivity index (χ4n) is 3.29. The van der Waals surface area contributed by atoms with Crippen molar-refractivity contribution in [1.82, 2.24) is 20.0 Å². The van der Waals surface area contributed by atoms with E-state index in [4.69, 9.17) is 4.74 Å². The molecular formula is C20H29N5O2. The van der Waals surface area contributed by atoms with E-state index in [0.29, 0.717) is 12.2 Å². The third kappa shape index (κ3) is 5.01. The maximum atomic E-state index is 12.1. The molecule has 3 rings (SSSR count). The van der Waals surface area contributed by atoms with E-state index in [-0.39, 0.29) is 5.91 Å². The minimum atomic E-state index is -0.0944. The Morgan fingerprint density at radius 1 is 1.19 bits per heavy atom. The van der Waals surface area contributed by atoms with Crippen LogP contribution in [0.3, 0.4) is 0 Å². The fraction of sp³-hybridized carbons (Fsp3) is 0.500. The molecule has 1 aromatic heterocycles.